The van der Waals surface area contributed by atoms with Crippen molar-refractivity contribution in [1.82, 2.24) is 14.9 Å². The molecule has 8 heteroatoms. The van der Waals surface area contributed by atoms with E-state index in [2.05, 4.69) is 14.9 Å². The summed E-state index contributed by atoms with van der Waals surface area (Å²) in [4.78, 5) is 14.8. The summed E-state index contributed by atoms with van der Waals surface area (Å²) in [6.45, 7) is 4.36. The van der Waals surface area contributed by atoms with Crippen LogP contribution in [-0.2, 0) is 14.8 Å². The minimum absolute atomic E-state index is 0.00139. The number of nitrogens with zero attached hydrogens (tertiary/aromatic N) is 1. The van der Waals surface area contributed by atoms with Gasteiger partial charge in [-0.25, -0.2) is 13.1 Å². The lowest BCUT2D eigenvalue weighted by molar-refractivity contribution is -0.121. The van der Waals surface area contributed by atoms with E-state index in [1.165, 1.54) is 6.42 Å². The normalized spacial score (nSPS) is 16.4. The zero-order chi connectivity index (χ0) is 20.7. The van der Waals surface area contributed by atoms with E-state index in [0.29, 0.717) is 6.54 Å². The molecule has 7 nitrogen and oxygen atoms in total. The van der Waals surface area contributed by atoms with Crippen LogP contribution in [0.5, 0.6) is 0 Å². The molecule has 2 aromatic rings. The largest absolute Gasteiger partial charge is 0.468 e. The monoisotopic (exact) mass is 419 g/mol. The van der Waals surface area contributed by atoms with Crippen LogP contribution in [0.1, 0.15) is 43.0 Å². The number of nitrogens with one attached hydrogen (secondary N) is 2. The summed E-state index contributed by atoms with van der Waals surface area (Å²) in [5.41, 5.74) is 0.989. The Labute approximate surface area is 172 Å². The van der Waals surface area contributed by atoms with E-state index in [9.17, 15) is 13.2 Å². The highest BCUT2D eigenvalue weighted by Gasteiger charge is 2.25. The Morgan fingerprint density at radius 1 is 1.14 bits per heavy atom. The van der Waals surface area contributed by atoms with Gasteiger partial charge in [-0.1, -0.05) is 24.1 Å². The van der Waals surface area contributed by atoms with Crippen LogP contribution in [0.15, 0.2) is 52.0 Å². The van der Waals surface area contributed by atoms with Gasteiger partial charge in [0.2, 0.25) is 15.9 Å². The molecule has 1 fully saturated rings. The summed E-state index contributed by atoms with van der Waals surface area (Å²) in [5, 5.41) is 2.93. The lowest BCUT2D eigenvalue weighted by atomic mass is 10.1. The smallest absolute Gasteiger partial charge is 0.240 e. The molecule has 0 radical (unpaired) electrons. The maximum Gasteiger partial charge on any atom is 0.240 e. The number of hydrogen-bond donors (Lipinski definition) is 2. The Morgan fingerprint density at radius 3 is 2.52 bits per heavy atom. The molecule has 2 heterocycles. The topological polar surface area (TPSA) is 91.6 Å². The molecule has 3 rings (SSSR count). The van der Waals surface area contributed by atoms with Gasteiger partial charge < -0.3 is 9.73 Å². The Bertz CT molecular complexity index is 873. The second kappa shape index (κ2) is 10.0. The Morgan fingerprint density at radius 2 is 1.86 bits per heavy atom. The third-order valence-corrected chi connectivity index (χ3v) is 6.65. The molecule has 1 unspecified atom stereocenters. The number of carbonyl (C=O) groups is 1. The van der Waals surface area contributed by atoms with Crippen molar-refractivity contribution in [3.8, 4) is 0 Å². The molecule has 1 amide bonds. The van der Waals surface area contributed by atoms with Crippen molar-refractivity contribution < 1.29 is 17.6 Å². The summed E-state index contributed by atoms with van der Waals surface area (Å²) in [6.07, 6.45) is 5.25. The highest BCUT2D eigenvalue weighted by molar-refractivity contribution is 7.89. The van der Waals surface area contributed by atoms with Crippen molar-refractivity contribution in [3.05, 3.63) is 54.0 Å². The predicted molar refractivity (Wildman–Crippen MR) is 111 cm³/mol. The first-order valence-corrected chi connectivity index (χ1v) is 11.5. The van der Waals surface area contributed by atoms with E-state index in [-0.39, 0.29) is 29.8 Å². The summed E-state index contributed by atoms with van der Waals surface area (Å²) < 4.78 is 32.6. The number of piperidine rings is 1. The van der Waals surface area contributed by atoms with Gasteiger partial charge in [0.25, 0.3) is 0 Å². The van der Waals surface area contributed by atoms with Crippen LogP contribution in [0, 0.1) is 6.92 Å². The van der Waals surface area contributed by atoms with Crippen molar-refractivity contribution in [2.45, 2.75) is 43.5 Å². The summed E-state index contributed by atoms with van der Waals surface area (Å²) in [7, 11) is -3.61. The molecule has 29 heavy (non-hydrogen) atoms. The second-order valence-corrected chi connectivity index (χ2v) is 9.16. The fourth-order valence-electron chi connectivity index (χ4n) is 3.52. The van der Waals surface area contributed by atoms with Crippen LogP contribution < -0.4 is 10.0 Å². The highest BCUT2D eigenvalue weighted by atomic mass is 32.2. The second-order valence-electron chi connectivity index (χ2n) is 7.39. The molecule has 1 atom stereocenters. The van der Waals surface area contributed by atoms with E-state index in [0.717, 1.165) is 37.3 Å². The fourth-order valence-corrected chi connectivity index (χ4v) is 4.55. The SMILES string of the molecule is Cc1ccc(S(=O)(=O)NCCC(=O)NCC(c2ccco2)N2CCCCC2)cc1. The standard InChI is InChI=1S/C21H29N3O4S/c1-17-7-9-18(10-8-17)29(26,27)23-12-11-21(25)22-16-19(20-6-5-15-28-20)24-13-3-2-4-14-24/h5-10,15,19,23H,2-4,11-14,16H2,1H3,(H,22,25). The third kappa shape index (κ3) is 6.16. The van der Waals surface area contributed by atoms with Gasteiger partial charge in [-0.05, 0) is 57.1 Å². The lowest BCUT2D eigenvalue weighted by Crippen LogP contribution is -2.41. The predicted octanol–water partition coefficient (Wildman–Crippen LogP) is 2.60. The molecule has 158 valence electrons. The van der Waals surface area contributed by atoms with Gasteiger partial charge >= 0.3 is 0 Å². The first kappa shape index (κ1) is 21.5. The number of aryl methyl sites for hydroxylation is 1. The zero-order valence-corrected chi connectivity index (χ0v) is 17.6. The number of rotatable bonds is 9. The molecule has 0 spiro atoms. The van der Waals surface area contributed by atoms with Crippen LogP contribution in [-0.4, -0.2) is 45.4 Å². The number of carbonyl (C=O) groups excluding carboxylic acids is 1. The van der Waals surface area contributed by atoms with E-state index in [1.807, 2.05) is 19.1 Å². The van der Waals surface area contributed by atoms with Crippen molar-refractivity contribution in [1.29, 1.82) is 0 Å². The first-order chi connectivity index (χ1) is 14.0. The molecule has 1 saturated heterocycles. The maximum atomic E-state index is 12.3. The summed E-state index contributed by atoms with van der Waals surface area (Å²) in [6, 6.07) is 10.4. The van der Waals surface area contributed by atoms with E-state index in [4.69, 9.17) is 4.42 Å². The first-order valence-electron chi connectivity index (χ1n) is 10.1. The molecule has 1 aromatic heterocycles. The van der Waals surface area contributed by atoms with Gasteiger partial charge in [-0.2, -0.15) is 0 Å². The van der Waals surface area contributed by atoms with Crippen molar-refractivity contribution >= 4 is 15.9 Å². The molecule has 1 aliphatic rings. The average Bonchev–Trinajstić information content (AvgIpc) is 3.24. The maximum absolute atomic E-state index is 12.3. The van der Waals surface area contributed by atoms with Gasteiger partial charge in [-0.3, -0.25) is 9.69 Å². The summed E-state index contributed by atoms with van der Waals surface area (Å²) in [5.74, 6) is 0.650. The Kier molecular flexibility index (Phi) is 7.46. The minimum atomic E-state index is -3.61. The van der Waals surface area contributed by atoms with Gasteiger partial charge in [0.1, 0.15) is 5.76 Å². The molecular formula is C21H29N3O4S. The van der Waals surface area contributed by atoms with Gasteiger partial charge in [0.05, 0.1) is 17.2 Å². The van der Waals surface area contributed by atoms with Crippen LogP contribution in [0.2, 0.25) is 0 Å². The molecule has 2 N–H and O–H groups in total. The number of hydrogen-bond acceptors (Lipinski definition) is 5. The number of likely N-dealkylation sites (tertiary alicyclic amines) is 1. The van der Waals surface area contributed by atoms with E-state index in [1.54, 1.807) is 30.5 Å². The third-order valence-electron chi connectivity index (χ3n) is 5.17. The van der Waals surface area contributed by atoms with Crippen LogP contribution >= 0.6 is 0 Å². The Balaban J connectivity index is 1.48. The van der Waals surface area contributed by atoms with Crippen molar-refractivity contribution in [3.63, 3.8) is 0 Å². The van der Waals surface area contributed by atoms with Crippen molar-refractivity contribution in [2.75, 3.05) is 26.2 Å². The molecular weight excluding hydrogens is 390 g/mol. The van der Waals surface area contributed by atoms with Crippen LogP contribution in [0.25, 0.3) is 0 Å². The quantitative estimate of drug-likeness (QED) is 0.652. The average molecular weight is 420 g/mol. The van der Waals surface area contributed by atoms with Crippen LogP contribution in [0.3, 0.4) is 0 Å². The van der Waals surface area contributed by atoms with Gasteiger partial charge in [0, 0.05) is 19.5 Å². The molecule has 0 bridgehead atoms. The lowest BCUT2D eigenvalue weighted by Gasteiger charge is -2.33. The van der Waals surface area contributed by atoms with Gasteiger partial charge in [0.15, 0.2) is 0 Å². The van der Waals surface area contributed by atoms with Crippen LogP contribution in [0.4, 0.5) is 0 Å². The van der Waals surface area contributed by atoms with E-state index >= 15 is 0 Å². The number of sulfonamides is 1. The number of benzene rings is 1. The van der Waals surface area contributed by atoms with E-state index < -0.39 is 10.0 Å². The molecule has 0 saturated carbocycles. The molecule has 0 aliphatic carbocycles. The molecule has 1 aromatic carbocycles. The number of furan rings is 1. The Hall–Kier alpha value is -2.16. The highest BCUT2D eigenvalue weighted by Crippen LogP contribution is 2.24. The van der Waals surface area contributed by atoms with Gasteiger partial charge in [-0.15, -0.1) is 0 Å². The minimum Gasteiger partial charge on any atom is -0.468 e. The summed E-state index contributed by atoms with van der Waals surface area (Å²) >= 11 is 0. The molecule has 1 aliphatic heterocycles. The fraction of sp³-hybridized carbons (Fsp3) is 0.476. The zero-order valence-electron chi connectivity index (χ0n) is 16.8. The van der Waals surface area contributed by atoms with Crippen molar-refractivity contribution in [2.24, 2.45) is 0 Å². The number of amides is 1.